The molecule has 4 atom stereocenters. The fourth-order valence-corrected chi connectivity index (χ4v) is 5.08. The van der Waals surface area contributed by atoms with Crippen molar-refractivity contribution in [1.29, 1.82) is 0 Å². The second-order valence-corrected chi connectivity index (χ2v) is 7.93. The maximum Gasteiger partial charge on any atom is 0.225 e. The van der Waals surface area contributed by atoms with Gasteiger partial charge in [0.05, 0.1) is 5.92 Å². The Morgan fingerprint density at radius 2 is 2.05 bits per heavy atom. The number of carbonyl (C=O) groups excluding carboxylic acids is 1. The molecule has 3 rings (SSSR count). The van der Waals surface area contributed by atoms with Crippen molar-refractivity contribution in [3.8, 4) is 0 Å². The summed E-state index contributed by atoms with van der Waals surface area (Å²) in [5, 5.41) is 3.21. The Hall–Kier alpha value is -0.260. The normalized spacial score (nSPS) is 38.9. The van der Waals surface area contributed by atoms with Gasteiger partial charge in [0.15, 0.2) is 0 Å². The Balaban J connectivity index is 1.56. The second kappa shape index (κ2) is 5.85. The van der Waals surface area contributed by atoms with Crippen LogP contribution in [0.25, 0.3) is 0 Å². The van der Waals surface area contributed by atoms with Gasteiger partial charge in [-0.3, -0.25) is 4.79 Å². The molecule has 0 aromatic carbocycles. The number of nitrogens with one attached hydrogen (secondary N) is 1. The van der Waals surface area contributed by atoms with E-state index in [-0.39, 0.29) is 22.6 Å². The Kier molecular flexibility index (Phi) is 4.29. The van der Waals surface area contributed by atoms with Gasteiger partial charge in [-0.15, -0.1) is 0 Å². The molecule has 3 fully saturated rings. The molecule has 2 saturated carbocycles. The first-order valence-corrected chi connectivity index (χ1v) is 9.04. The van der Waals surface area contributed by atoms with Crippen LogP contribution >= 0.6 is 11.8 Å². The topological polar surface area (TPSA) is 64.4 Å². The van der Waals surface area contributed by atoms with Crippen LogP contribution in [0.1, 0.15) is 32.1 Å². The summed E-state index contributed by atoms with van der Waals surface area (Å²) in [6.45, 7) is 2.38. The highest BCUT2D eigenvalue weighted by Crippen LogP contribution is 2.47. The van der Waals surface area contributed by atoms with E-state index in [4.69, 9.17) is 10.5 Å². The van der Waals surface area contributed by atoms with Gasteiger partial charge in [0.1, 0.15) is 0 Å². The van der Waals surface area contributed by atoms with Crippen LogP contribution < -0.4 is 11.1 Å². The van der Waals surface area contributed by atoms with E-state index in [9.17, 15) is 4.79 Å². The number of fused-ring (bicyclic) bond motifs is 2. The highest BCUT2D eigenvalue weighted by Gasteiger charge is 2.49. The summed E-state index contributed by atoms with van der Waals surface area (Å²) in [6, 6.07) is 0.0914. The quantitative estimate of drug-likeness (QED) is 0.823. The maximum absolute atomic E-state index is 12.5. The standard InChI is InChI=1S/C15H26N2O2S/c1-20-15(4-6-19-7-5-15)9-17-14(18)12-10-2-3-11(8-10)13(12)16/h10-13H,2-9,16H2,1H3,(H,17,18). The first kappa shape index (κ1) is 14.7. The van der Waals surface area contributed by atoms with Crippen LogP contribution in [-0.4, -0.2) is 42.7 Å². The zero-order chi connectivity index (χ0) is 14.2. The third-order valence-corrected chi connectivity index (χ3v) is 7.12. The lowest BCUT2D eigenvalue weighted by Gasteiger charge is -2.36. The zero-order valence-electron chi connectivity index (χ0n) is 12.3. The molecule has 4 unspecified atom stereocenters. The molecule has 1 heterocycles. The van der Waals surface area contributed by atoms with Gasteiger partial charge >= 0.3 is 0 Å². The SMILES string of the molecule is CSC1(CNC(=O)C2C3CCC(C3)C2N)CCOCC1. The minimum Gasteiger partial charge on any atom is -0.381 e. The summed E-state index contributed by atoms with van der Waals surface area (Å²) in [5.41, 5.74) is 6.25. The van der Waals surface area contributed by atoms with Gasteiger partial charge < -0.3 is 15.8 Å². The summed E-state index contributed by atoms with van der Waals surface area (Å²) < 4.78 is 5.61. The third-order valence-electron chi connectivity index (χ3n) is 5.71. The van der Waals surface area contributed by atoms with Crippen LogP contribution in [0, 0.1) is 17.8 Å². The minimum absolute atomic E-state index is 0.0625. The molecule has 4 nitrogen and oxygen atoms in total. The molecule has 3 N–H and O–H groups in total. The van der Waals surface area contributed by atoms with Crippen molar-refractivity contribution in [2.45, 2.75) is 42.9 Å². The number of rotatable bonds is 4. The lowest BCUT2D eigenvalue weighted by Crippen LogP contribution is -2.50. The molecule has 3 aliphatic rings. The van der Waals surface area contributed by atoms with Crippen LogP contribution in [-0.2, 0) is 9.53 Å². The van der Waals surface area contributed by atoms with Crippen LogP contribution in [0.2, 0.25) is 0 Å². The summed E-state index contributed by atoms with van der Waals surface area (Å²) in [7, 11) is 0. The smallest absolute Gasteiger partial charge is 0.225 e. The molecule has 1 saturated heterocycles. The van der Waals surface area contributed by atoms with Crippen molar-refractivity contribution in [1.82, 2.24) is 5.32 Å². The predicted molar refractivity (Wildman–Crippen MR) is 81.6 cm³/mol. The van der Waals surface area contributed by atoms with Crippen molar-refractivity contribution >= 4 is 17.7 Å². The van der Waals surface area contributed by atoms with Crippen LogP contribution in [0.5, 0.6) is 0 Å². The van der Waals surface area contributed by atoms with E-state index >= 15 is 0 Å². The molecule has 1 amide bonds. The molecule has 0 radical (unpaired) electrons. The van der Waals surface area contributed by atoms with Crippen molar-refractivity contribution in [3.05, 3.63) is 0 Å². The number of ether oxygens (including phenoxy) is 1. The Bertz CT molecular complexity index is 369. The van der Waals surface area contributed by atoms with Gasteiger partial charge in [0.25, 0.3) is 0 Å². The molecule has 20 heavy (non-hydrogen) atoms. The summed E-state index contributed by atoms with van der Waals surface area (Å²) in [4.78, 5) is 12.5. The Morgan fingerprint density at radius 3 is 2.65 bits per heavy atom. The maximum atomic E-state index is 12.5. The highest BCUT2D eigenvalue weighted by atomic mass is 32.2. The van der Waals surface area contributed by atoms with Gasteiger partial charge in [-0.25, -0.2) is 0 Å². The summed E-state index contributed by atoms with van der Waals surface area (Å²) >= 11 is 1.87. The molecule has 1 aliphatic heterocycles. The molecule has 0 aromatic heterocycles. The highest BCUT2D eigenvalue weighted by molar-refractivity contribution is 8.00. The largest absolute Gasteiger partial charge is 0.381 e. The van der Waals surface area contributed by atoms with E-state index in [0.29, 0.717) is 11.8 Å². The molecule has 5 heteroatoms. The summed E-state index contributed by atoms with van der Waals surface area (Å²) in [6.07, 6.45) is 7.77. The molecule has 2 bridgehead atoms. The number of hydrogen-bond donors (Lipinski definition) is 2. The fourth-order valence-electron chi connectivity index (χ4n) is 4.29. The molecule has 2 aliphatic carbocycles. The lowest BCUT2D eigenvalue weighted by atomic mass is 9.84. The van der Waals surface area contributed by atoms with Gasteiger partial charge in [-0.05, 0) is 50.2 Å². The fraction of sp³-hybridized carbons (Fsp3) is 0.933. The van der Waals surface area contributed by atoms with E-state index in [0.717, 1.165) is 32.6 Å². The van der Waals surface area contributed by atoms with Crippen molar-refractivity contribution in [3.63, 3.8) is 0 Å². The summed E-state index contributed by atoms with van der Waals surface area (Å²) in [5.74, 6) is 1.39. The number of hydrogen-bond acceptors (Lipinski definition) is 4. The van der Waals surface area contributed by atoms with Crippen LogP contribution in [0.3, 0.4) is 0 Å². The average molecular weight is 298 g/mol. The van der Waals surface area contributed by atoms with Crippen molar-refractivity contribution in [2.75, 3.05) is 26.0 Å². The monoisotopic (exact) mass is 298 g/mol. The predicted octanol–water partition coefficient (Wildman–Crippen LogP) is 1.39. The van der Waals surface area contributed by atoms with Gasteiger partial charge in [0.2, 0.25) is 5.91 Å². The second-order valence-electron chi connectivity index (χ2n) is 6.65. The van der Waals surface area contributed by atoms with Gasteiger partial charge in [-0.1, -0.05) is 0 Å². The van der Waals surface area contributed by atoms with E-state index in [2.05, 4.69) is 11.6 Å². The molecule has 114 valence electrons. The third kappa shape index (κ3) is 2.60. The molecular formula is C15H26N2O2S. The number of amides is 1. The van der Waals surface area contributed by atoms with Gasteiger partial charge in [0, 0.05) is 30.5 Å². The van der Waals surface area contributed by atoms with E-state index in [1.807, 2.05) is 11.8 Å². The minimum atomic E-state index is 0.0625. The molecule has 0 spiro atoms. The number of carbonyl (C=O) groups is 1. The van der Waals surface area contributed by atoms with E-state index in [1.54, 1.807) is 0 Å². The number of nitrogens with two attached hydrogens (primary N) is 1. The zero-order valence-corrected chi connectivity index (χ0v) is 13.1. The molecule has 0 aromatic rings. The first-order valence-electron chi connectivity index (χ1n) is 7.81. The Morgan fingerprint density at radius 1 is 1.35 bits per heavy atom. The lowest BCUT2D eigenvalue weighted by molar-refractivity contribution is -0.127. The van der Waals surface area contributed by atoms with Crippen LogP contribution in [0.4, 0.5) is 0 Å². The van der Waals surface area contributed by atoms with Crippen molar-refractivity contribution in [2.24, 2.45) is 23.5 Å². The van der Waals surface area contributed by atoms with E-state index < -0.39 is 0 Å². The Labute approximate surface area is 125 Å². The van der Waals surface area contributed by atoms with Crippen LogP contribution in [0.15, 0.2) is 0 Å². The molecular weight excluding hydrogens is 272 g/mol. The van der Waals surface area contributed by atoms with Crippen molar-refractivity contribution < 1.29 is 9.53 Å². The average Bonchev–Trinajstić information content (AvgIpc) is 3.07. The first-order chi connectivity index (χ1) is 9.65. The number of thioether (sulfide) groups is 1. The van der Waals surface area contributed by atoms with E-state index in [1.165, 1.54) is 19.3 Å². The van der Waals surface area contributed by atoms with Gasteiger partial charge in [-0.2, -0.15) is 11.8 Å².